The molecule has 4 nitrogen and oxygen atoms in total. The lowest BCUT2D eigenvalue weighted by molar-refractivity contribution is -0.670. The summed E-state index contributed by atoms with van der Waals surface area (Å²) < 4.78 is 1.87. The number of nitro groups is 1. The Hall–Kier alpha value is -1.24. The van der Waals surface area contributed by atoms with Crippen molar-refractivity contribution in [2.45, 2.75) is 0 Å². The van der Waals surface area contributed by atoms with Crippen molar-refractivity contribution in [2.24, 2.45) is 7.05 Å². The summed E-state index contributed by atoms with van der Waals surface area (Å²) in [4.78, 5) is 10.3. The molecule has 1 aromatic heterocycles. The summed E-state index contributed by atoms with van der Waals surface area (Å²) >= 11 is 0. The lowest BCUT2D eigenvalue weighted by Crippen LogP contribution is -3.00. The molecule has 0 bridgehead atoms. The molecule has 2 rings (SSSR count). The van der Waals surface area contributed by atoms with Gasteiger partial charge in [-0.1, -0.05) is 6.07 Å². The lowest BCUT2D eigenvalue weighted by Gasteiger charge is -1.96. The number of non-ortho nitro benzene ring substituents is 1. The first-order valence-electron chi connectivity index (χ1n) is 4.21. The topological polar surface area (TPSA) is 47.0 Å². The van der Waals surface area contributed by atoms with E-state index in [9.17, 15) is 10.1 Å². The smallest absolute Gasteiger partial charge is 0.277 e. The molecule has 2 aromatic rings. The number of hydrogen-bond donors (Lipinski definition) is 0. The summed E-state index contributed by atoms with van der Waals surface area (Å²) in [6.45, 7) is 0. The van der Waals surface area contributed by atoms with Gasteiger partial charge in [-0.15, -0.1) is 0 Å². The molecule has 78 valence electrons. The van der Waals surface area contributed by atoms with Crippen molar-refractivity contribution in [2.75, 3.05) is 0 Å². The highest BCUT2D eigenvalue weighted by molar-refractivity contribution is 5.89. The summed E-state index contributed by atoms with van der Waals surface area (Å²) in [6, 6.07) is 6.83. The fourth-order valence-corrected chi connectivity index (χ4v) is 1.48. The van der Waals surface area contributed by atoms with Gasteiger partial charge in [0.1, 0.15) is 7.05 Å². The van der Waals surface area contributed by atoms with Gasteiger partial charge in [0.15, 0.2) is 12.4 Å². The standard InChI is InChI=1S/C10H9N2O2.HI/c1-11-6-5-9-8(7-11)3-2-4-10(9)12(13)14;/h2-7H,1H3;1H/q+1;/p-1. The molecule has 0 amide bonds. The third-order valence-electron chi connectivity index (χ3n) is 2.13. The molecule has 0 aliphatic rings. The SMILES string of the molecule is C[n+]1ccc2c([N+](=O)[O-])cccc2c1.[I-]. The van der Waals surface area contributed by atoms with Gasteiger partial charge in [-0.3, -0.25) is 10.1 Å². The van der Waals surface area contributed by atoms with E-state index >= 15 is 0 Å². The number of halogens is 1. The zero-order valence-electron chi connectivity index (χ0n) is 8.05. The maximum Gasteiger partial charge on any atom is 0.277 e. The Labute approximate surface area is 104 Å². The average Bonchev–Trinajstić information content (AvgIpc) is 2.16. The van der Waals surface area contributed by atoms with Gasteiger partial charge in [0.05, 0.1) is 15.7 Å². The maximum absolute atomic E-state index is 10.7. The van der Waals surface area contributed by atoms with E-state index in [1.165, 1.54) is 6.07 Å². The number of fused-ring (bicyclic) bond motifs is 1. The highest BCUT2D eigenvalue weighted by atomic mass is 127. The highest BCUT2D eigenvalue weighted by Crippen LogP contribution is 2.23. The first kappa shape index (κ1) is 11.8. The summed E-state index contributed by atoms with van der Waals surface area (Å²) in [5, 5.41) is 12.3. The van der Waals surface area contributed by atoms with E-state index in [0.29, 0.717) is 5.39 Å². The second-order valence-corrected chi connectivity index (χ2v) is 3.15. The van der Waals surface area contributed by atoms with Crippen LogP contribution in [0.4, 0.5) is 5.69 Å². The minimum Gasteiger partial charge on any atom is -1.00 e. The van der Waals surface area contributed by atoms with Crippen LogP contribution in [0.2, 0.25) is 0 Å². The number of nitro benzene ring substituents is 1. The average molecular weight is 316 g/mol. The van der Waals surface area contributed by atoms with Crippen molar-refractivity contribution in [3.63, 3.8) is 0 Å². The number of hydrogen-bond acceptors (Lipinski definition) is 2. The molecular formula is C10H9IN2O2. The maximum atomic E-state index is 10.7. The van der Waals surface area contributed by atoms with Gasteiger partial charge in [0.25, 0.3) is 5.69 Å². The van der Waals surface area contributed by atoms with E-state index in [2.05, 4.69) is 0 Å². The second-order valence-electron chi connectivity index (χ2n) is 3.15. The molecule has 1 heterocycles. The number of rotatable bonds is 1. The third-order valence-corrected chi connectivity index (χ3v) is 2.13. The molecule has 0 spiro atoms. The molecule has 0 aliphatic carbocycles. The highest BCUT2D eigenvalue weighted by Gasteiger charge is 2.12. The van der Waals surface area contributed by atoms with Crippen LogP contribution in [-0.2, 0) is 7.05 Å². The molecule has 0 atom stereocenters. The first-order chi connectivity index (χ1) is 6.68. The predicted octanol–water partition coefficient (Wildman–Crippen LogP) is -1.42. The van der Waals surface area contributed by atoms with Crippen LogP contribution in [0.1, 0.15) is 0 Å². The molecule has 0 unspecified atom stereocenters. The van der Waals surface area contributed by atoms with Crippen LogP contribution < -0.4 is 28.5 Å². The molecule has 0 saturated heterocycles. The van der Waals surface area contributed by atoms with Crippen LogP contribution in [0.3, 0.4) is 0 Å². The van der Waals surface area contributed by atoms with Gasteiger partial charge in [-0.25, -0.2) is 4.57 Å². The molecule has 0 saturated carbocycles. The molecule has 1 aromatic carbocycles. The van der Waals surface area contributed by atoms with Gasteiger partial charge >= 0.3 is 0 Å². The Bertz CT molecular complexity index is 514. The van der Waals surface area contributed by atoms with E-state index in [4.69, 9.17) is 0 Å². The van der Waals surface area contributed by atoms with E-state index in [0.717, 1.165) is 5.39 Å². The van der Waals surface area contributed by atoms with Crippen molar-refractivity contribution < 1.29 is 33.5 Å². The summed E-state index contributed by atoms with van der Waals surface area (Å²) in [7, 11) is 1.89. The molecule has 0 aliphatic heterocycles. The third kappa shape index (κ3) is 2.23. The van der Waals surface area contributed by atoms with E-state index in [1.807, 2.05) is 23.9 Å². The minimum atomic E-state index is -0.359. The largest absolute Gasteiger partial charge is 1.00 e. The number of aromatic nitrogens is 1. The lowest BCUT2D eigenvalue weighted by atomic mass is 10.1. The summed E-state index contributed by atoms with van der Waals surface area (Å²) in [6.07, 6.45) is 3.66. The summed E-state index contributed by atoms with van der Waals surface area (Å²) in [5.74, 6) is 0. The van der Waals surface area contributed by atoms with E-state index < -0.39 is 0 Å². The van der Waals surface area contributed by atoms with Crippen LogP contribution in [0.15, 0.2) is 36.7 Å². The van der Waals surface area contributed by atoms with Crippen molar-refractivity contribution in [1.82, 2.24) is 0 Å². The van der Waals surface area contributed by atoms with Crippen LogP contribution in [0.5, 0.6) is 0 Å². The van der Waals surface area contributed by atoms with E-state index in [1.54, 1.807) is 18.3 Å². The Morgan fingerprint density at radius 3 is 2.73 bits per heavy atom. The number of aryl methyl sites for hydroxylation is 1. The number of pyridine rings is 1. The Morgan fingerprint density at radius 2 is 2.07 bits per heavy atom. The Morgan fingerprint density at radius 1 is 1.33 bits per heavy atom. The Balaban J connectivity index is 0.00000112. The molecule has 0 radical (unpaired) electrons. The van der Waals surface area contributed by atoms with Gasteiger partial charge in [0, 0.05) is 12.1 Å². The van der Waals surface area contributed by atoms with Crippen molar-refractivity contribution >= 4 is 16.5 Å². The van der Waals surface area contributed by atoms with Gasteiger partial charge in [0.2, 0.25) is 0 Å². The fraction of sp³-hybridized carbons (Fsp3) is 0.100. The van der Waals surface area contributed by atoms with E-state index in [-0.39, 0.29) is 34.6 Å². The normalized spacial score (nSPS) is 9.67. The molecular weight excluding hydrogens is 307 g/mol. The van der Waals surface area contributed by atoms with Crippen LogP contribution in [0.25, 0.3) is 10.8 Å². The van der Waals surface area contributed by atoms with Gasteiger partial charge in [-0.2, -0.15) is 0 Å². The minimum absolute atomic E-state index is 0. The second kappa shape index (κ2) is 4.52. The number of benzene rings is 1. The van der Waals surface area contributed by atoms with Crippen molar-refractivity contribution in [3.05, 3.63) is 46.8 Å². The van der Waals surface area contributed by atoms with Crippen molar-refractivity contribution in [3.8, 4) is 0 Å². The predicted molar refractivity (Wildman–Crippen MR) is 51.8 cm³/mol. The van der Waals surface area contributed by atoms with Crippen LogP contribution in [0, 0.1) is 10.1 Å². The van der Waals surface area contributed by atoms with Crippen LogP contribution in [-0.4, -0.2) is 4.92 Å². The zero-order valence-corrected chi connectivity index (χ0v) is 10.2. The van der Waals surface area contributed by atoms with Crippen LogP contribution >= 0.6 is 0 Å². The van der Waals surface area contributed by atoms with Crippen molar-refractivity contribution in [1.29, 1.82) is 0 Å². The zero-order chi connectivity index (χ0) is 10.1. The molecule has 0 N–H and O–H groups in total. The molecule has 5 heteroatoms. The van der Waals surface area contributed by atoms with Gasteiger partial charge < -0.3 is 24.0 Å². The first-order valence-corrected chi connectivity index (χ1v) is 4.21. The fourth-order valence-electron chi connectivity index (χ4n) is 1.48. The quantitative estimate of drug-likeness (QED) is 0.281. The summed E-state index contributed by atoms with van der Waals surface area (Å²) in [5.41, 5.74) is 0.156. The number of nitrogens with zero attached hydrogens (tertiary/aromatic N) is 2. The monoisotopic (exact) mass is 316 g/mol. The molecule has 0 fully saturated rings. The Kier molecular flexibility index (Phi) is 3.57. The molecule has 15 heavy (non-hydrogen) atoms. The van der Waals surface area contributed by atoms with Gasteiger partial charge in [-0.05, 0) is 6.07 Å².